The van der Waals surface area contributed by atoms with Gasteiger partial charge in [0.1, 0.15) is 5.76 Å². The maximum Gasteiger partial charge on any atom is 0.289 e. The summed E-state index contributed by atoms with van der Waals surface area (Å²) in [6.45, 7) is 8.73. The van der Waals surface area contributed by atoms with Crippen LogP contribution in [0.5, 0.6) is 0 Å². The fraction of sp³-hybridized carbons (Fsp3) is 0.455. The van der Waals surface area contributed by atoms with Gasteiger partial charge in [-0.15, -0.1) is 11.8 Å². The number of rotatable bonds is 6. The van der Waals surface area contributed by atoms with Gasteiger partial charge in [-0.2, -0.15) is 0 Å². The molecule has 0 fully saturated rings. The molecule has 0 unspecified atom stereocenters. The normalized spacial score (nSPS) is 11.4. The topological polar surface area (TPSA) is 53.8 Å². The van der Waals surface area contributed by atoms with Gasteiger partial charge in [0.2, 0.25) is 5.91 Å². The molecule has 0 aliphatic heterocycles. The predicted molar refractivity (Wildman–Crippen MR) is 114 cm³/mol. The zero-order chi connectivity index (χ0) is 21.1. The summed E-state index contributed by atoms with van der Waals surface area (Å²) in [7, 11) is 4.93. The van der Waals surface area contributed by atoms with Crippen molar-refractivity contribution in [3.8, 4) is 0 Å². The molecule has 0 bridgehead atoms. The van der Waals surface area contributed by atoms with Crippen molar-refractivity contribution >= 4 is 23.6 Å². The summed E-state index contributed by atoms with van der Waals surface area (Å²) >= 11 is 1.70. The van der Waals surface area contributed by atoms with E-state index in [0.717, 1.165) is 5.76 Å². The van der Waals surface area contributed by atoms with Crippen molar-refractivity contribution in [3.63, 3.8) is 0 Å². The molecule has 1 heterocycles. The number of aryl methyl sites for hydroxylation is 1. The van der Waals surface area contributed by atoms with E-state index in [1.807, 2.05) is 6.07 Å². The molecule has 152 valence electrons. The molecule has 0 saturated heterocycles. The highest BCUT2D eigenvalue weighted by atomic mass is 32.2. The van der Waals surface area contributed by atoms with Gasteiger partial charge in [-0.05, 0) is 41.7 Å². The van der Waals surface area contributed by atoms with Crippen LogP contribution in [0.15, 0.2) is 39.6 Å². The number of hydrogen-bond acceptors (Lipinski definition) is 4. The fourth-order valence-electron chi connectivity index (χ4n) is 2.55. The van der Waals surface area contributed by atoms with E-state index < -0.39 is 0 Å². The molecule has 2 rings (SSSR count). The average molecular weight is 403 g/mol. The zero-order valence-electron chi connectivity index (χ0n) is 17.8. The molecule has 1 aromatic carbocycles. The second kappa shape index (κ2) is 8.86. The predicted octanol–water partition coefficient (Wildman–Crippen LogP) is 4.34. The molecule has 0 spiro atoms. The molecule has 0 aliphatic rings. The smallest absolute Gasteiger partial charge is 0.289 e. The summed E-state index contributed by atoms with van der Waals surface area (Å²) < 4.78 is 5.73. The first-order valence-corrected chi connectivity index (χ1v) is 10.3. The Bertz CT molecular complexity index is 850. The van der Waals surface area contributed by atoms with Gasteiger partial charge in [0.15, 0.2) is 5.76 Å². The van der Waals surface area contributed by atoms with E-state index in [0.29, 0.717) is 5.75 Å². The molecule has 28 heavy (non-hydrogen) atoms. The maximum atomic E-state index is 12.5. The second-order valence-corrected chi connectivity index (χ2v) is 9.25. The standard InChI is InChI=1S/C22H30N2O3S/c1-15-8-9-16(22(2,3)4)12-19(15)28-14-17-10-11-18(27-17)21(26)24(7)13-20(25)23(5)6/h8-12H,13-14H2,1-7H3. The summed E-state index contributed by atoms with van der Waals surface area (Å²) in [6, 6.07) is 10.1. The van der Waals surface area contributed by atoms with Crippen molar-refractivity contribution in [1.82, 2.24) is 9.80 Å². The molecule has 0 atom stereocenters. The third-order valence-electron chi connectivity index (χ3n) is 4.51. The van der Waals surface area contributed by atoms with Crippen LogP contribution >= 0.6 is 11.8 Å². The summed E-state index contributed by atoms with van der Waals surface area (Å²) in [5, 5.41) is 0. The average Bonchev–Trinajstić information content (AvgIpc) is 3.08. The number of carbonyl (C=O) groups excluding carboxylic acids is 2. The Balaban J connectivity index is 2.04. The highest BCUT2D eigenvalue weighted by Crippen LogP contribution is 2.31. The molecule has 1 aromatic heterocycles. The first-order valence-electron chi connectivity index (χ1n) is 9.27. The lowest BCUT2D eigenvalue weighted by atomic mass is 9.87. The van der Waals surface area contributed by atoms with E-state index in [-0.39, 0.29) is 29.5 Å². The van der Waals surface area contributed by atoms with Crippen LogP contribution in [0, 0.1) is 6.92 Å². The van der Waals surface area contributed by atoms with E-state index >= 15 is 0 Å². The second-order valence-electron chi connectivity index (χ2n) is 8.23. The Morgan fingerprint density at radius 2 is 1.75 bits per heavy atom. The van der Waals surface area contributed by atoms with Gasteiger partial charge in [0.05, 0.1) is 12.3 Å². The SMILES string of the molecule is Cc1ccc(C(C)(C)C)cc1SCc1ccc(C(=O)N(C)CC(=O)N(C)C)o1. The summed E-state index contributed by atoms with van der Waals surface area (Å²) in [4.78, 5) is 28.3. The van der Waals surface area contributed by atoms with Crippen LogP contribution in [0.4, 0.5) is 0 Å². The minimum absolute atomic E-state index is 0.0232. The monoisotopic (exact) mass is 402 g/mol. The quantitative estimate of drug-likeness (QED) is 0.675. The number of likely N-dealkylation sites (N-methyl/N-ethyl adjacent to an activating group) is 2. The van der Waals surface area contributed by atoms with Crippen LogP contribution in [-0.2, 0) is 16.0 Å². The first kappa shape index (κ1) is 22.1. The highest BCUT2D eigenvalue weighted by molar-refractivity contribution is 7.98. The van der Waals surface area contributed by atoms with Crippen molar-refractivity contribution in [1.29, 1.82) is 0 Å². The van der Waals surface area contributed by atoms with Gasteiger partial charge in [-0.25, -0.2) is 0 Å². The molecule has 0 N–H and O–H groups in total. The van der Waals surface area contributed by atoms with Crippen LogP contribution in [-0.4, -0.2) is 49.3 Å². The molecule has 0 saturated carbocycles. The van der Waals surface area contributed by atoms with E-state index in [1.54, 1.807) is 39.0 Å². The molecule has 6 heteroatoms. The molecule has 0 radical (unpaired) electrons. The summed E-state index contributed by atoms with van der Waals surface area (Å²) in [5.74, 6) is 1.21. The van der Waals surface area contributed by atoms with Gasteiger partial charge >= 0.3 is 0 Å². The highest BCUT2D eigenvalue weighted by Gasteiger charge is 2.19. The summed E-state index contributed by atoms with van der Waals surface area (Å²) in [6.07, 6.45) is 0. The van der Waals surface area contributed by atoms with Gasteiger partial charge in [0.25, 0.3) is 5.91 Å². The van der Waals surface area contributed by atoms with Crippen LogP contribution < -0.4 is 0 Å². The lowest BCUT2D eigenvalue weighted by molar-refractivity contribution is -0.129. The molecule has 5 nitrogen and oxygen atoms in total. The number of carbonyl (C=O) groups is 2. The van der Waals surface area contributed by atoms with Crippen LogP contribution in [0.3, 0.4) is 0 Å². The minimum atomic E-state index is -0.294. The van der Waals surface area contributed by atoms with E-state index in [4.69, 9.17) is 4.42 Å². The van der Waals surface area contributed by atoms with Crippen LogP contribution in [0.2, 0.25) is 0 Å². The van der Waals surface area contributed by atoms with Gasteiger partial charge < -0.3 is 14.2 Å². The molecular weight excluding hydrogens is 372 g/mol. The molecule has 2 amide bonds. The largest absolute Gasteiger partial charge is 0.455 e. The Morgan fingerprint density at radius 3 is 2.36 bits per heavy atom. The Kier molecular flexibility index (Phi) is 6.99. The van der Waals surface area contributed by atoms with Crippen molar-refractivity contribution in [2.24, 2.45) is 0 Å². The Morgan fingerprint density at radius 1 is 1.07 bits per heavy atom. The number of benzene rings is 1. The summed E-state index contributed by atoms with van der Waals surface area (Å²) in [5.41, 5.74) is 2.62. The molecule has 2 aromatic rings. The van der Waals surface area contributed by atoms with Gasteiger partial charge in [-0.3, -0.25) is 9.59 Å². The molecule has 0 aliphatic carbocycles. The maximum absolute atomic E-state index is 12.5. The zero-order valence-corrected chi connectivity index (χ0v) is 18.6. The van der Waals surface area contributed by atoms with Crippen LogP contribution in [0.1, 0.15) is 48.2 Å². The van der Waals surface area contributed by atoms with Crippen molar-refractivity contribution in [2.45, 2.75) is 43.8 Å². The van der Waals surface area contributed by atoms with E-state index in [9.17, 15) is 9.59 Å². The van der Waals surface area contributed by atoms with Gasteiger partial charge in [0, 0.05) is 26.0 Å². The Labute approximate surface area is 172 Å². The number of hydrogen-bond donors (Lipinski definition) is 0. The minimum Gasteiger partial charge on any atom is -0.455 e. The van der Waals surface area contributed by atoms with E-state index in [2.05, 4.69) is 45.9 Å². The first-order chi connectivity index (χ1) is 13.0. The number of amides is 2. The number of thioether (sulfide) groups is 1. The van der Waals surface area contributed by atoms with Crippen molar-refractivity contribution < 1.29 is 14.0 Å². The van der Waals surface area contributed by atoms with Crippen LogP contribution in [0.25, 0.3) is 0 Å². The van der Waals surface area contributed by atoms with E-state index in [1.165, 1.54) is 25.8 Å². The van der Waals surface area contributed by atoms with Crippen molar-refractivity contribution in [2.75, 3.05) is 27.7 Å². The van der Waals surface area contributed by atoms with Gasteiger partial charge in [-0.1, -0.05) is 32.9 Å². The third kappa shape index (κ3) is 5.64. The lowest BCUT2D eigenvalue weighted by Crippen LogP contribution is -2.37. The molecular formula is C22H30N2O3S. The van der Waals surface area contributed by atoms with Crippen molar-refractivity contribution in [3.05, 3.63) is 53.0 Å². The lowest BCUT2D eigenvalue weighted by Gasteiger charge is -2.20. The fourth-order valence-corrected chi connectivity index (χ4v) is 3.50. The third-order valence-corrected chi connectivity index (χ3v) is 5.69. The Hall–Kier alpha value is -2.21. The number of furan rings is 1. The number of nitrogens with zero attached hydrogens (tertiary/aromatic N) is 2.